The second kappa shape index (κ2) is 5.72. The molecule has 0 spiro atoms. The Morgan fingerprint density at radius 1 is 1.27 bits per heavy atom. The predicted octanol–water partition coefficient (Wildman–Crippen LogP) is 2.15. The third-order valence-electron chi connectivity index (χ3n) is 3.91. The lowest BCUT2D eigenvalue weighted by Crippen LogP contribution is -2.39. The van der Waals surface area contributed by atoms with Crippen LogP contribution >= 0.6 is 23.4 Å². The highest BCUT2D eigenvalue weighted by molar-refractivity contribution is 6.31. The van der Waals surface area contributed by atoms with Crippen LogP contribution in [0.1, 0.15) is 12.8 Å². The molecule has 3 aliphatic heterocycles. The van der Waals surface area contributed by atoms with Gasteiger partial charge in [0.15, 0.2) is 11.6 Å². The Labute approximate surface area is 137 Å². The lowest BCUT2D eigenvalue weighted by molar-refractivity contribution is 0.133. The van der Waals surface area contributed by atoms with E-state index >= 15 is 0 Å². The van der Waals surface area contributed by atoms with Gasteiger partial charge in [0.1, 0.15) is 18.3 Å². The smallest absolute Gasteiger partial charge is 0.226 e. The van der Waals surface area contributed by atoms with E-state index in [1.54, 1.807) is 4.42 Å². The van der Waals surface area contributed by atoms with Crippen molar-refractivity contribution < 1.29 is 9.47 Å². The molecule has 118 valence electrons. The van der Waals surface area contributed by atoms with Gasteiger partial charge in [-0.1, -0.05) is 0 Å². The van der Waals surface area contributed by atoms with Crippen LogP contribution in [0.25, 0.3) is 0 Å². The lowest BCUT2D eigenvalue weighted by atomic mass is 10.2. The van der Waals surface area contributed by atoms with Crippen LogP contribution in [0, 0.1) is 0 Å². The highest BCUT2D eigenvalue weighted by Gasteiger charge is 2.31. The van der Waals surface area contributed by atoms with Crippen molar-refractivity contribution in [1.82, 2.24) is 9.97 Å². The Bertz CT molecular complexity index is 617. The summed E-state index contributed by atoms with van der Waals surface area (Å²) in [6.07, 6.45) is 2.02. The molecule has 4 rings (SSSR count). The van der Waals surface area contributed by atoms with Gasteiger partial charge in [-0.2, -0.15) is 15.0 Å². The molecule has 0 aliphatic carbocycles. The van der Waals surface area contributed by atoms with Crippen molar-refractivity contribution in [2.24, 2.45) is 4.99 Å². The molecular formula is C13H15Cl2N5O2. The predicted molar refractivity (Wildman–Crippen MR) is 84.5 cm³/mol. The first-order valence-corrected chi connectivity index (χ1v) is 8.00. The second-order valence-electron chi connectivity index (χ2n) is 5.46. The van der Waals surface area contributed by atoms with Gasteiger partial charge in [-0.05, 0) is 18.0 Å². The zero-order valence-electron chi connectivity index (χ0n) is 11.8. The van der Waals surface area contributed by atoms with Crippen molar-refractivity contribution in [3.63, 3.8) is 0 Å². The maximum absolute atomic E-state index is 6.40. The first kappa shape index (κ1) is 14.3. The van der Waals surface area contributed by atoms with Gasteiger partial charge in [0, 0.05) is 31.3 Å². The average molecular weight is 344 g/mol. The quantitative estimate of drug-likeness (QED) is 0.605. The van der Waals surface area contributed by atoms with Gasteiger partial charge in [-0.15, -0.1) is 0 Å². The van der Waals surface area contributed by atoms with E-state index in [0.717, 1.165) is 31.7 Å². The monoisotopic (exact) mass is 343 g/mol. The molecular weight excluding hydrogens is 329 g/mol. The summed E-state index contributed by atoms with van der Waals surface area (Å²) in [5.74, 6) is 1.72. The van der Waals surface area contributed by atoms with E-state index in [1.165, 1.54) is 0 Å². The van der Waals surface area contributed by atoms with Gasteiger partial charge in [-0.3, -0.25) is 4.42 Å². The topological polar surface area (TPSA) is 63.1 Å². The third-order valence-corrected chi connectivity index (χ3v) is 4.37. The van der Waals surface area contributed by atoms with E-state index in [-0.39, 0.29) is 11.4 Å². The normalized spacial score (nSPS) is 23.9. The largest absolute Gasteiger partial charge is 0.474 e. The van der Waals surface area contributed by atoms with Crippen molar-refractivity contribution in [3.8, 4) is 0 Å². The molecule has 0 amide bonds. The minimum absolute atomic E-state index is 0.0255. The van der Waals surface area contributed by atoms with Gasteiger partial charge >= 0.3 is 0 Å². The molecule has 0 N–H and O–H groups in total. The maximum Gasteiger partial charge on any atom is 0.226 e. The zero-order chi connectivity index (χ0) is 15.1. The summed E-state index contributed by atoms with van der Waals surface area (Å²) in [4.78, 5) is 15.1. The van der Waals surface area contributed by atoms with E-state index in [9.17, 15) is 0 Å². The average Bonchev–Trinajstić information content (AvgIpc) is 2.88. The van der Waals surface area contributed by atoms with Gasteiger partial charge in [0.2, 0.25) is 11.2 Å². The van der Waals surface area contributed by atoms with Crippen molar-refractivity contribution in [2.45, 2.75) is 18.9 Å². The van der Waals surface area contributed by atoms with Crippen LogP contribution in [-0.2, 0) is 9.47 Å². The Morgan fingerprint density at radius 2 is 2.14 bits per heavy atom. The molecule has 3 aliphatic rings. The summed E-state index contributed by atoms with van der Waals surface area (Å²) in [7, 11) is 0. The standard InChI is InChI=1S/C13H15Cl2N5O2/c14-13-17-11-10(12(18-13)19-3-1-4-19)20(15)6-9(16-11)22-8-2-5-21-7-8/h8H,1-7H2/t8-/m1/s1. The molecule has 9 heteroatoms. The van der Waals surface area contributed by atoms with Crippen LogP contribution in [0.2, 0.25) is 5.28 Å². The molecule has 0 radical (unpaired) electrons. The van der Waals surface area contributed by atoms with Crippen LogP contribution in [0.4, 0.5) is 17.3 Å². The van der Waals surface area contributed by atoms with Crippen molar-refractivity contribution in [3.05, 3.63) is 5.28 Å². The number of fused-ring (bicyclic) bond motifs is 1. The summed E-state index contributed by atoms with van der Waals surface area (Å²) in [5, 5.41) is 0.167. The molecule has 22 heavy (non-hydrogen) atoms. The zero-order valence-corrected chi connectivity index (χ0v) is 13.3. The Hall–Kier alpha value is -1.31. The first-order valence-electron chi connectivity index (χ1n) is 7.28. The summed E-state index contributed by atoms with van der Waals surface area (Å²) in [6, 6.07) is 0. The molecule has 1 aromatic rings. The van der Waals surface area contributed by atoms with Crippen LogP contribution in [0.15, 0.2) is 4.99 Å². The fraction of sp³-hybridized carbons (Fsp3) is 0.615. The molecule has 2 fully saturated rings. The third kappa shape index (κ3) is 2.57. The van der Waals surface area contributed by atoms with E-state index in [2.05, 4.69) is 19.9 Å². The van der Waals surface area contributed by atoms with Crippen molar-refractivity contribution >= 4 is 46.6 Å². The number of halogens is 2. The minimum atomic E-state index is 0.0255. The van der Waals surface area contributed by atoms with Crippen LogP contribution in [-0.4, -0.2) is 54.8 Å². The number of hydrogen-bond acceptors (Lipinski definition) is 7. The molecule has 4 heterocycles. The number of hydrogen-bond donors (Lipinski definition) is 0. The molecule has 1 atom stereocenters. The second-order valence-corrected chi connectivity index (χ2v) is 6.20. The van der Waals surface area contributed by atoms with Gasteiger partial charge in [0.25, 0.3) is 0 Å². The molecule has 0 bridgehead atoms. The Kier molecular flexibility index (Phi) is 3.71. The first-order chi connectivity index (χ1) is 10.7. The fourth-order valence-corrected chi connectivity index (χ4v) is 3.08. The number of ether oxygens (including phenoxy) is 2. The van der Waals surface area contributed by atoms with E-state index in [1.807, 2.05) is 0 Å². The highest BCUT2D eigenvalue weighted by Crippen LogP contribution is 2.41. The molecule has 0 aromatic carbocycles. The van der Waals surface area contributed by atoms with E-state index in [4.69, 9.17) is 32.9 Å². The molecule has 2 saturated heterocycles. The summed E-state index contributed by atoms with van der Waals surface area (Å²) in [5.41, 5.74) is 0.695. The minimum Gasteiger partial charge on any atom is -0.474 e. The number of anilines is 2. The Balaban J connectivity index is 1.66. The molecule has 0 unspecified atom stereocenters. The van der Waals surface area contributed by atoms with Gasteiger partial charge < -0.3 is 14.4 Å². The van der Waals surface area contributed by atoms with Gasteiger partial charge in [0.05, 0.1) is 13.2 Å². The Morgan fingerprint density at radius 3 is 2.82 bits per heavy atom. The molecule has 7 nitrogen and oxygen atoms in total. The van der Waals surface area contributed by atoms with E-state index in [0.29, 0.717) is 37.2 Å². The van der Waals surface area contributed by atoms with E-state index < -0.39 is 0 Å². The highest BCUT2D eigenvalue weighted by atomic mass is 35.5. The van der Waals surface area contributed by atoms with Crippen molar-refractivity contribution in [1.29, 1.82) is 0 Å². The summed E-state index contributed by atoms with van der Waals surface area (Å²) < 4.78 is 12.7. The SMILES string of the molecule is Clc1nc2c(c(N3CCC3)n1)N(Cl)CC(O[C@@H]1CCOC1)=N2. The fourth-order valence-electron chi connectivity index (χ4n) is 2.66. The number of aromatic nitrogens is 2. The van der Waals surface area contributed by atoms with Crippen molar-refractivity contribution in [2.75, 3.05) is 42.2 Å². The van der Waals surface area contributed by atoms with Crippen LogP contribution < -0.4 is 9.32 Å². The summed E-state index contributed by atoms with van der Waals surface area (Å²) in [6.45, 7) is 3.55. The maximum atomic E-state index is 6.40. The number of nitrogens with zero attached hydrogens (tertiary/aromatic N) is 5. The number of rotatable bonds is 2. The number of aliphatic imine (C=N–C) groups is 1. The van der Waals surface area contributed by atoms with Gasteiger partial charge in [-0.25, -0.2) is 0 Å². The lowest BCUT2D eigenvalue weighted by Gasteiger charge is -2.35. The van der Waals surface area contributed by atoms with Crippen LogP contribution in [0.3, 0.4) is 0 Å². The summed E-state index contributed by atoms with van der Waals surface area (Å²) >= 11 is 12.4. The van der Waals surface area contributed by atoms with Crippen LogP contribution in [0.5, 0.6) is 0 Å². The molecule has 1 aromatic heterocycles. The molecule has 0 saturated carbocycles.